The Kier molecular flexibility index (Phi) is 4.65. The number of carbonyl (C=O) groups is 1. The van der Waals surface area contributed by atoms with E-state index in [1.165, 1.54) is 0 Å². The summed E-state index contributed by atoms with van der Waals surface area (Å²) in [6, 6.07) is 18.7. The van der Waals surface area contributed by atoms with Gasteiger partial charge in [0.25, 0.3) is 5.56 Å². The monoisotopic (exact) mass is 378 g/mol. The van der Waals surface area contributed by atoms with Gasteiger partial charge in [0, 0.05) is 23.6 Å². The van der Waals surface area contributed by atoms with Crippen molar-refractivity contribution in [1.29, 1.82) is 0 Å². The number of hydrogen-bond donors (Lipinski definition) is 3. The zero-order valence-electron chi connectivity index (χ0n) is 15.5. The smallest absolute Gasteiger partial charge is 0.313 e. The van der Waals surface area contributed by atoms with Gasteiger partial charge >= 0.3 is 5.97 Å². The van der Waals surface area contributed by atoms with E-state index in [0.29, 0.717) is 11.3 Å². The van der Waals surface area contributed by atoms with Gasteiger partial charge in [-0.05, 0) is 18.1 Å². The molecule has 3 N–H and O–H groups in total. The van der Waals surface area contributed by atoms with Crippen molar-refractivity contribution in [1.82, 2.24) is 10.2 Å². The summed E-state index contributed by atoms with van der Waals surface area (Å²) in [4.78, 5) is 25.6. The lowest BCUT2D eigenvalue weighted by Crippen LogP contribution is -2.50. The molecule has 0 fully saturated rings. The van der Waals surface area contributed by atoms with Gasteiger partial charge in [-0.15, -0.1) is 0 Å². The van der Waals surface area contributed by atoms with Gasteiger partial charge in [-0.3, -0.25) is 14.7 Å². The van der Waals surface area contributed by atoms with Crippen molar-refractivity contribution in [3.63, 3.8) is 0 Å². The first-order valence-electron chi connectivity index (χ1n) is 9.24. The van der Waals surface area contributed by atoms with E-state index in [1.807, 2.05) is 60.7 Å². The molecule has 1 heterocycles. The minimum atomic E-state index is -1.37. The van der Waals surface area contributed by atoms with E-state index in [2.05, 4.69) is 10.2 Å². The Bertz CT molecular complexity index is 1020. The van der Waals surface area contributed by atoms with Gasteiger partial charge < -0.3 is 14.9 Å². The minimum Gasteiger partial charge on any atom is -0.460 e. The average molecular weight is 378 g/mol. The van der Waals surface area contributed by atoms with Gasteiger partial charge in [-0.25, -0.2) is 0 Å². The third-order valence-electron chi connectivity index (χ3n) is 5.38. The number of aromatic nitrogens is 2. The maximum absolute atomic E-state index is 13.1. The van der Waals surface area contributed by atoms with Crippen molar-refractivity contribution in [2.75, 3.05) is 0 Å². The Morgan fingerprint density at radius 2 is 1.75 bits per heavy atom. The first-order valence-corrected chi connectivity index (χ1v) is 9.24. The van der Waals surface area contributed by atoms with Gasteiger partial charge in [0.2, 0.25) is 0 Å². The molecule has 6 heteroatoms. The number of benzene rings is 2. The van der Waals surface area contributed by atoms with Gasteiger partial charge in [0.15, 0.2) is 0 Å². The number of aliphatic hydroxyl groups is 1. The van der Waals surface area contributed by atoms with E-state index in [4.69, 9.17) is 4.74 Å². The Morgan fingerprint density at radius 1 is 1.11 bits per heavy atom. The number of esters is 1. The van der Waals surface area contributed by atoms with E-state index in [-0.39, 0.29) is 18.6 Å². The SMILES string of the molecule is C[C@@]1(O)Cc2[nH][nH]c(=O)c2[C@H](c2ccccc2)[C@@H]1C(=O)OCc1ccccc1. The zero-order valence-corrected chi connectivity index (χ0v) is 15.5. The molecule has 1 aliphatic rings. The van der Waals surface area contributed by atoms with Crippen LogP contribution in [0.15, 0.2) is 65.5 Å². The maximum atomic E-state index is 13.1. The normalized spacial score (nSPS) is 23.8. The van der Waals surface area contributed by atoms with Crippen LogP contribution in [0.1, 0.15) is 35.2 Å². The van der Waals surface area contributed by atoms with Gasteiger partial charge in [0.05, 0.1) is 11.5 Å². The Morgan fingerprint density at radius 3 is 2.43 bits per heavy atom. The molecule has 0 bridgehead atoms. The second kappa shape index (κ2) is 7.13. The molecule has 3 atom stereocenters. The number of H-pyrrole nitrogens is 2. The Balaban J connectivity index is 1.73. The number of rotatable bonds is 4. The largest absolute Gasteiger partial charge is 0.460 e. The number of carbonyl (C=O) groups excluding carboxylic acids is 1. The summed E-state index contributed by atoms with van der Waals surface area (Å²) >= 11 is 0. The maximum Gasteiger partial charge on any atom is 0.313 e. The zero-order chi connectivity index (χ0) is 19.7. The fraction of sp³-hybridized carbons (Fsp3) is 0.273. The highest BCUT2D eigenvalue weighted by molar-refractivity contribution is 5.77. The third kappa shape index (κ3) is 3.27. The number of ether oxygens (including phenoxy) is 1. The van der Waals surface area contributed by atoms with Crippen LogP contribution < -0.4 is 5.56 Å². The molecule has 0 amide bonds. The number of hydrogen-bond acceptors (Lipinski definition) is 4. The van der Waals surface area contributed by atoms with Crippen LogP contribution in [0, 0.1) is 5.92 Å². The molecule has 4 rings (SSSR count). The van der Waals surface area contributed by atoms with Crippen LogP contribution in [-0.4, -0.2) is 26.9 Å². The van der Waals surface area contributed by atoms with Gasteiger partial charge in [0.1, 0.15) is 6.61 Å². The molecule has 0 unspecified atom stereocenters. The Labute approximate surface area is 162 Å². The van der Waals surface area contributed by atoms with E-state index in [0.717, 1.165) is 11.1 Å². The molecule has 6 nitrogen and oxygen atoms in total. The summed E-state index contributed by atoms with van der Waals surface area (Å²) in [5, 5.41) is 16.6. The lowest BCUT2D eigenvalue weighted by Gasteiger charge is -2.40. The van der Waals surface area contributed by atoms with Crippen LogP contribution in [0.4, 0.5) is 0 Å². The molecule has 2 aromatic carbocycles. The van der Waals surface area contributed by atoms with E-state index in [1.54, 1.807) is 6.92 Å². The second-order valence-corrected chi connectivity index (χ2v) is 7.46. The fourth-order valence-corrected chi connectivity index (χ4v) is 4.09. The van der Waals surface area contributed by atoms with Gasteiger partial charge in [-0.2, -0.15) is 0 Å². The molecule has 3 aromatic rings. The van der Waals surface area contributed by atoms with Crippen LogP contribution in [-0.2, 0) is 22.6 Å². The predicted octanol–water partition coefficient (Wildman–Crippen LogP) is 2.50. The highest BCUT2D eigenvalue weighted by Gasteiger charge is 2.51. The lowest BCUT2D eigenvalue weighted by atomic mass is 9.66. The summed E-state index contributed by atoms with van der Waals surface area (Å²) < 4.78 is 5.56. The van der Waals surface area contributed by atoms with Crippen LogP contribution in [0.5, 0.6) is 0 Å². The fourth-order valence-electron chi connectivity index (χ4n) is 4.09. The first kappa shape index (κ1) is 18.3. The molecule has 0 saturated carbocycles. The molecule has 28 heavy (non-hydrogen) atoms. The van der Waals surface area contributed by atoms with Crippen molar-refractivity contribution in [3.05, 3.63) is 93.4 Å². The summed E-state index contributed by atoms with van der Waals surface area (Å²) in [5.41, 5.74) is 1.11. The molecular weight excluding hydrogens is 356 g/mol. The van der Waals surface area contributed by atoms with Gasteiger partial charge in [-0.1, -0.05) is 60.7 Å². The van der Waals surface area contributed by atoms with E-state index >= 15 is 0 Å². The predicted molar refractivity (Wildman–Crippen MR) is 104 cm³/mol. The molecule has 0 aliphatic heterocycles. The molecule has 0 saturated heterocycles. The Hall–Kier alpha value is -3.12. The van der Waals surface area contributed by atoms with E-state index < -0.39 is 23.4 Å². The summed E-state index contributed by atoms with van der Waals surface area (Å²) in [5.74, 6) is -2.02. The average Bonchev–Trinajstić information content (AvgIpc) is 3.05. The lowest BCUT2D eigenvalue weighted by molar-refractivity contribution is -0.161. The highest BCUT2D eigenvalue weighted by atomic mass is 16.5. The minimum absolute atomic E-state index is 0.115. The quantitative estimate of drug-likeness (QED) is 0.608. The van der Waals surface area contributed by atoms with Crippen molar-refractivity contribution in [2.24, 2.45) is 5.92 Å². The van der Waals surface area contributed by atoms with Crippen LogP contribution in [0.25, 0.3) is 0 Å². The summed E-state index contributed by atoms with van der Waals surface area (Å²) in [6.45, 7) is 1.73. The number of fused-ring (bicyclic) bond motifs is 1. The summed E-state index contributed by atoms with van der Waals surface area (Å²) in [6.07, 6.45) is 0.162. The molecule has 1 aromatic heterocycles. The third-order valence-corrected chi connectivity index (χ3v) is 5.38. The second-order valence-electron chi connectivity index (χ2n) is 7.46. The molecule has 0 radical (unpaired) electrons. The standard InChI is InChI=1S/C22H22N2O4/c1-22(27)12-16-18(20(25)24-23-16)17(15-10-6-3-7-11-15)19(22)21(26)28-13-14-8-4-2-5-9-14/h2-11,17,19,27H,12-13H2,1H3,(H2,23,24,25)/t17-,19+,22+/m0/s1. The number of nitrogens with one attached hydrogen (secondary N) is 2. The first-order chi connectivity index (χ1) is 13.5. The molecule has 144 valence electrons. The van der Waals surface area contributed by atoms with Crippen LogP contribution in [0.2, 0.25) is 0 Å². The van der Waals surface area contributed by atoms with Crippen molar-refractivity contribution in [2.45, 2.75) is 31.5 Å². The van der Waals surface area contributed by atoms with E-state index in [9.17, 15) is 14.7 Å². The molecule has 1 aliphatic carbocycles. The van der Waals surface area contributed by atoms with Crippen molar-refractivity contribution in [3.8, 4) is 0 Å². The summed E-state index contributed by atoms with van der Waals surface area (Å²) in [7, 11) is 0. The molecule has 0 spiro atoms. The van der Waals surface area contributed by atoms with Crippen LogP contribution >= 0.6 is 0 Å². The topological polar surface area (TPSA) is 95.2 Å². The highest BCUT2D eigenvalue weighted by Crippen LogP contribution is 2.44. The van der Waals surface area contributed by atoms with Crippen LogP contribution in [0.3, 0.4) is 0 Å². The van der Waals surface area contributed by atoms with Crippen molar-refractivity contribution < 1.29 is 14.6 Å². The van der Waals surface area contributed by atoms with Crippen molar-refractivity contribution >= 4 is 5.97 Å². The molecular formula is C22H22N2O4. The number of aromatic amines is 2.